The number of unbranched alkanes of at least 4 members (excludes halogenated alkanes) is 1. The molecule has 1 fully saturated rings. The average Bonchev–Trinajstić information content (AvgIpc) is 2.38. The van der Waals surface area contributed by atoms with Crippen LogP contribution in [-0.4, -0.2) is 39.0 Å². The van der Waals surface area contributed by atoms with Crippen LogP contribution in [0, 0.1) is 5.41 Å². The second kappa shape index (κ2) is 9.73. The summed E-state index contributed by atoms with van der Waals surface area (Å²) in [5, 5.41) is 3.44. The van der Waals surface area contributed by atoms with Crippen molar-refractivity contribution in [1.29, 1.82) is 0 Å². The number of hydrogen-bond acceptors (Lipinski definition) is 3. The van der Waals surface area contributed by atoms with E-state index in [2.05, 4.69) is 19.2 Å². The van der Waals surface area contributed by atoms with Crippen molar-refractivity contribution >= 4 is 0 Å². The van der Waals surface area contributed by atoms with E-state index in [-0.39, 0.29) is 0 Å². The van der Waals surface area contributed by atoms with Gasteiger partial charge in [0.05, 0.1) is 12.7 Å². The summed E-state index contributed by atoms with van der Waals surface area (Å²) in [7, 11) is 0. The van der Waals surface area contributed by atoms with Gasteiger partial charge in [-0.2, -0.15) is 0 Å². The van der Waals surface area contributed by atoms with Crippen LogP contribution in [0.4, 0.5) is 0 Å². The third-order valence-electron chi connectivity index (χ3n) is 4.01. The molecule has 1 saturated carbocycles. The monoisotopic (exact) mass is 271 g/mol. The summed E-state index contributed by atoms with van der Waals surface area (Å²) in [5.74, 6) is 0. The average molecular weight is 271 g/mol. The molecule has 0 saturated heterocycles. The maximum atomic E-state index is 5.93. The van der Waals surface area contributed by atoms with E-state index in [0.717, 1.165) is 39.3 Å². The van der Waals surface area contributed by atoms with E-state index in [9.17, 15) is 0 Å². The lowest BCUT2D eigenvalue weighted by Crippen LogP contribution is -2.29. The molecule has 0 amide bonds. The summed E-state index contributed by atoms with van der Waals surface area (Å²) in [6, 6.07) is 0. The first-order chi connectivity index (χ1) is 9.14. The third-order valence-corrected chi connectivity index (χ3v) is 4.01. The van der Waals surface area contributed by atoms with Crippen LogP contribution in [0.3, 0.4) is 0 Å². The Morgan fingerprint density at radius 1 is 1.05 bits per heavy atom. The van der Waals surface area contributed by atoms with Gasteiger partial charge in [0.15, 0.2) is 0 Å². The predicted octanol–water partition coefficient (Wildman–Crippen LogP) is 3.38. The minimum Gasteiger partial charge on any atom is -0.382 e. The first-order valence-electron chi connectivity index (χ1n) is 8.04. The van der Waals surface area contributed by atoms with Crippen molar-refractivity contribution in [3.8, 4) is 0 Å². The minimum atomic E-state index is 0.507. The molecule has 1 aliphatic carbocycles. The summed E-state index contributed by atoms with van der Waals surface area (Å²) >= 11 is 0. The van der Waals surface area contributed by atoms with Gasteiger partial charge < -0.3 is 14.8 Å². The van der Waals surface area contributed by atoms with Crippen molar-refractivity contribution in [3.63, 3.8) is 0 Å². The molecular formula is C16H33NO2. The van der Waals surface area contributed by atoms with Crippen LogP contribution in [0.25, 0.3) is 0 Å². The third kappa shape index (κ3) is 8.61. The molecule has 0 bridgehead atoms. The quantitative estimate of drug-likeness (QED) is 0.618. The molecule has 19 heavy (non-hydrogen) atoms. The van der Waals surface area contributed by atoms with Gasteiger partial charge in [0.1, 0.15) is 0 Å². The van der Waals surface area contributed by atoms with E-state index in [4.69, 9.17) is 9.47 Å². The molecule has 0 unspecified atom stereocenters. The van der Waals surface area contributed by atoms with Gasteiger partial charge in [-0.1, -0.05) is 13.8 Å². The summed E-state index contributed by atoms with van der Waals surface area (Å²) in [6.45, 7) is 11.4. The van der Waals surface area contributed by atoms with Crippen LogP contribution in [0.5, 0.6) is 0 Å². The Labute approximate surface area is 119 Å². The molecule has 0 aromatic rings. The lowest BCUT2D eigenvalue weighted by atomic mass is 9.76. The fourth-order valence-corrected chi connectivity index (χ4v) is 2.56. The van der Waals surface area contributed by atoms with Gasteiger partial charge in [0, 0.05) is 19.8 Å². The first kappa shape index (κ1) is 16.9. The molecule has 1 aliphatic rings. The highest BCUT2D eigenvalue weighted by Crippen LogP contribution is 2.35. The second-order valence-corrected chi connectivity index (χ2v) is 6.39. The van der Waals surface area contributed by atoms with Crippen LogP contribution in [-0.2, 0) is 9.47 Å². The maximum absolute atomic E-state index is 5.93. The smallest absolute Gasteiger partial charge is 0.0594 e. The Balaban J connectivity index is 1.84. The highest BCUT2D eigenvalue weighted by Gasteiger charge is 2.26. The van der Waals surface area contributed by atoms with Gasteiger partial charge in [0.25, 0.3) is 0 Å². The zero-order chi connectivity index (χ0) is 14.0. The number of rotatable bonds is 10. The molecule has 0 radical (unpaired) electrons. The topological polar surface area (TPSA) is 30.5 Å². The van der Waals surface area contributed by atoms with Crippen LogP contribution in [0.2, 0.25) is 0 Å². The molecule has 0 heterocycles. The van der Waals surface area contributed by atoms with E-state index in [1.165, 1.54) is 32.1 Å². The Kier molecular flexibility index (Phi) is 8.67. The molecular weight excluding hydrogens is 238 g/mol. The van der Waals surface area contributed by atoms with Crippen LogP contribution in [0.1, 0.15) is 59.3 Å². The molecule has 3 heteroatoms. The van der Waals surface area contributed by atoms with Gasteiger partial charge in [0.2, 0.25) is 0 Å². The molecule has 1 N–H and O–H groups in total. The number of nitrogens with one attached hydrogen (secondary N) is 1. The largest absolute Gasteiger partial charge is 0.382 e. The fourth-order valence-electron chi connectivity index (χ4n) is 2.56. The predicted molar refractivity (Wildman–Crippen MR) is 80.6 cm³/mol. The molecule has 0 aromatic heterocycles. The lowest BCUT2D eigenvalue weighted by Gasteiger charge is -2.34. The summed E-state index contributed by atoms with van der Waals surface area (Å²) in [5.41, 5.74) is 0.540. The van der Waals surface area contributed by atoms with Crippen LogP contribution >= 0.6 is 0 Å². The van der Waals surface area contributed by atoms with Gasteiger partial charge >= 0.3 is 0 Å². The van der Waals surface area contributed by atoms with E-state index in [0.29, 0.717) is 11.5 Å². The van der Waals surface area contributed by atoms with Crippen molar-refractivity contribution in [2.24, 2.45) is 5.41 Å². The minimum absolute atomic E-state index is 0.507. The Morgan fingerprint density at radius 2 is 1.79 bits per heavy atom. The first-order valence-corrected chi connectivity index (χ1v) is 8.04. The van der Waals surface area contributed by atoms with Gasteiger partial charge in [-0.15, -0.1) is 0 Å². The molecule has 0 atom stereocenters. The molecule has 0 spiro atoms. The molecule has 0 aliphatic heterocycles. The van der Waals surface area contributed by atoms with Crippen molar-refractivity contribution in [2.75, 3.05) is 32.9 Å². The van der Waals surface area contributed by atoms with Crippen molar-refractivity contribution in [3.05, 3.63) is 0 Å². The second-order valence-electron chi connectivity index (χ2n) is 6.39. The highest BCUT2D eigenvalue weighted by atomic mass is 16.5. The Bertz CT molecular complexity index is 209. The van der Waals surface area contributed by atoms with Crippen molar-refractivity contribution < 1.29 is 9.47 Å². The lowest BCUT2D eigenvalue weighted by molar-refractivity contribution is 0.00602. The fraction of sp³-hybridized carbons (Fsp3) is 1.00. The highest BCUT2D eigenvalue weighted by molar-refractivity contribution is 4.78. The van der Waals surface area contributed by atoms with Crippen molar-refractivity contribution in [1.82, 2.24) is 5.32 Å². The molecule has 0 aromatic carbocycles. The van der Waals surface area contributed by atoms with Gasteiger partial charge in [-0.3, -0.25) is 0 Å². The van der Waals surface area contributed by atoms with E-state index < -0.39 is 0 Å². The van der Waals surface area contributed by atoms with Crippen molar-refractivity contribution in [2.45, 2.75) is 65.4 Å². The number of ether oxygens (including phenoxy) is 2. The standard InChI is InChI=1S/C16H33NO2/c1-4-18-13-6-5-11-17-12-14-19-15-7-9-16(2,3)10-8-15/h15,17H,4-14H2,1-3H3. The Morgan fingerprint density at radius 3 is 2.47 bits per heavy atom. The van der Waals surface area contributed by atoms with Gasteiger partial charge in [-0.05, 0) is 57.4 Å². The van der Waals surface area contributed by atoms with Gasteiger partial charge in [-0.25, -0.2) is 0 Å². The summed E-state index contributed by atoms with van der Waals surface area (Å²) in [4.78, 5) is 0. The zero-order valence-corrected chi connectivity index (χ0v) is 13.2. The summed E-state index contributed by atoms with van der Waals surface area (Å²) in [6.07, 6.45) is 7.94. The SMILES string of the molecule is CCOCCCCNCCOC1CCC(C)(C)CC1. The molecule has 1 rings (SSSR count). The van der Waals surface area contributed by atoms with E-state index in [1.807, 2.05) is 6.92 Å². The summed E-state index contributed by atoms with van der Waals surface area (Å²) < 4.78 is 11.2. The van der Waals surface area contributed by atoms with Crippen LogP contribution < -0.4 is 5.32 Å². The van der Waals surface area contributed by atoms with E-state index >= 15 is 0 Å². The van der Waals surface area contributed by atoms with E-state index in [1.54, 1.807) is 0 Å². The zero-order valence-electron chi connectivity index (χ0n) is 13.2. The maximum Gasteiger partial charge on any atom is 0.0594 e. The molecule has 3 nitrogen and oxygen atoms in total. The Hall–Kier alpha value is -0.120. The molecule has 114 valence electrons. The number of hydrogen-bond donors (Lipinski definition) is 1. The normalized spacial score (nSPS) is 19.7. The van der Waals surface area contributed by atoms with Crippen LogP contribution in [0.15, 0.2) is 0 Å².